The average molecular weight is 343 g/mol. The predicted molar refractivity (Wildman–Crippen MR) is 91.9 cm³/mol. The van der Waals surface area contributed by atoms with Crippen molar-refractivity contribution in [1.29, 1.82) is 0 Å². The molecule has 23 heavy (non-hydrogen) atoms. The van der Waals surface area contributed by atoms with Gasteiger partial charge in [-0.25, -0.2) is 0 Å². The molecule has 0 bridgehead atoms. The predicted octanol–water partition coefficient (Wildman–Crippen LogP) is 3.14. The van der Waals surface area contributed by atoms with Crippen LogP contribution >= 0.6 is 22.7 Å². The Morgan fingerprint density at radius 3 is 2.70 bits per heavy atom. The quantitative estimate of drug-likeness (QED) is 0.794. The molecule has 1 N–H and O–H groups in total. The van der Waals surface area contributed by atoms with Gasteiger partial charge in [0.15, 0.2) is 4.80 Å². The van der Waals surface area contributed by atoms with Crippen LogP contribution in [0.15, 0.2) is 57.7 Å². The van der Waals surface area contributed by atoms with E-state index in [9.17, 15) is 9.59 Å². The maximum absolute atomic E-state index is 12.4. The SMILES string of the molecule is Cn1ccsc1=NC(=O)c1ccccc1NC(=O)c1ccsc1. The molecule has 0 atom stereocenters. The second kappa shape index (κ2) is 6.72. The number of anilines is 1. The Kier molecular flexibility index (Phi) is 4.50. The zero-order valence-corrected chi connectivity index (χ0v) is 13.9. The van der Waals surface area contributed by atoms with Gasteiger partial charge in [-0.3, -0.25) is 9.59 Å². The van der Waals surface area contributed by atoms with Crippen molar-refractivity contribution >= 4 is 40.2 Å². The lowest BCUT2D eigenvalue weighted by Gasteiger charge is -2.07. The van der Waals surface area contributed by atoms with Crippen LogP contribution in [0.25, 0.3) is 0 Å². The number of nitrogens with zero attached hydrogens (tertiary/aromatic N) is 2. The summed E-state index contributed by atoms with van der Waals surface area (Å²) in [6.07, 6.45) is 1.83. The second-order valence-electron chi connectivity index (χ2n) is 4.73. The highest BCUT2D eigenvalue weighted by molar-refractivity contribution is 7.08. The Labute approximate surface area is 140 Å². The summed E-state index contributed by atoms with van der Waals surface area (Å²) in [5.74, 6) is -0.627. The Hall–Kier alpha value is -2.51. The number of amides is 2. The van der Waals surface area contributed by atoms with Gasteiger partial charge < -0.3 is 9.88 Å². The first-order chi connectivity index (χ1) is 11.1. The summed E-state index contributed by atoms with van der Waals surface area (Å²) in [7, 11) is 1.83. The number of carbonyl (C=O) groups excluding carboxylic acids is 2. The van der Waals surface area contributed by atoms with E-state index in [4.69, 9.17) is 0 Å². The first-order valence-corrected chi connectivity index (χ1v) is 8.59. The summed E-state index contributed by atoms with van der Waals surface area (Å²) < 4.78 is 1.77. The molecule has 0 unspecified atom stereocenters. The summed E-state index contributed by atoms with van der Waals surface area (Å²) in [4.78, 5) is 29.3. The normalized spacial score (nSPS) is 11.4. The molecule has 0 aliphatic rings. The Morgan fingerprint density at radius 2 is 2.00 bits per heavy atom. The lowest BCUT2D eigenvalue weighted by molar-refractivity contribution is 0.0998. The lowest BCUT2D eigenvalue weighted by atomic mass is 10.1. The maximum atomic E-state index is 12.4. The summed E-state index contributed by atoms with van der Waals surface area (Å²) in [5.41, 5.74) is 1.39. The van der Waals surface area contributed by atoms with Crippen molar-refractivity contribution in [3.05, 3.63) is 68.6 Å². The number of carbonyl (C=O) groups is 2. The van der Waals surface area contributed by atoms with E-state index >= 15 is 0 Å². The zero-order valence-electron chi connectivity index (χ0n) is 12.2. The van der Waals surface area contributed by atoms with Gasteiger partial charge >= 0.3 is 0 Å². The van der Waals surface area contributed by atoms with Gasteiger partial charge in [0.25, 0.3) is 11.8 Å². The second-order valence-corrected chi connectivity index (χ2v) is 6.38. The van der Waals surface area contributed by atoms with Crippen LogP contribution in [0.2, 0.25) is 0 Å². The molecule has 0 aliphatic carbocycles. The molecule has 2 aromatic heterocycles. The molecule has 0 saturated heterocycles. The van der Waals surface area contributed by atoms with E-state index in [0.29, 0.717) is 21.6 Å². The number of hydrogen-bond donors (Lipinski definition) is 1. The topological polar surface area (TPSA) is 63.5 Å². The third kappa shape index (κ3) is 3.46. The van der Waals surface area contributed by atoms with Crippen molar-refractivity contribution < 1.29 is 9.59 Å². The van der Waals surface area contributed by atoms with Crippen LogP contribution in [0.3, 0.4) is 0 Å². The number of thiazole rings is 1. The minimum atomic E-state index is -0.385. The van der Waals surface area contributed by atoms with Gasteiger partial charge in [0.05, 0.1) is 16.8 Å². The smallest absolute Gasteiger partial charge is 0.281 e. The lowest BCUT2D eigenvalue weighted by Crippen LogP contribution is -2.16. The molecule has 0 aliphatic heterocycles. The molecule has 0 fully saturated rings. The average Bonchev–Trinajstić information content (AvgIpc) is 3.20. The molecule has 2 amide bonds. The van der Waals surface area contributed by atoms with Crippen LogP contribution in [-0.2, 0) is 7.05 Å². The first-order valence-electron chi connectivity index (χ1n) is 6.77. The highest BCUT2D eigenvalue weighted by Gasteiger charge is 2.14. The molecule has 0 saturated carbocycles. The fourth-order valence-electron chi connectivity index (χ4n) is 1.95. The molecule has 5 nitrogen and oxygen atoms in total. The Morgan fingerprint density at radius 1 is 1.17 bits per heavy atom. The van der Waals surface area contributed by atoms with Crippen LogP contribution in [0, 0.1) is 0 Å². The Balaban J connectivity index is 1.91. The van der Waals surface area contributed by atoms with Gasteiger partial charge in [-0.15, -0.1) is 11.3 Å². The maximum Gasteiger partial charge on any atom is 0.281 e. The van der Waals surface area contributed by atoms with E-state index in [1.807, 2.05) is 24.0 Å². The molecular weight excluding hydrogens is 330 g/mol. The van der Waals surface area contributed by atoms with Crippen LogP contribution in [0.4, 0.5) is 5.69 Å². The molecular formula is C16H13N3O2S2. The van der Waals surface area contributed by atoms with E-state index < -0.39 is 0 Å². The van der Waals surface area contributed by atoms with E-state index in [0.717, 1.165) is 0 Å². The molecule has 1 aromatic carbocycles. The third-order valence-electron chi connectivity index (χ3n) is 3.15. The molecule has 0 radical (unpaired) electrons. The monoisotopic (exact) mass is 343 g/mol. The number of aromatic nitrogens is 1. The van der Waals surface area contributed by atoms with Gasteiger partial charge in [0, 0.05) is 24.0 Å². The van der Waals surface area contributed by atoms with Crippen LogP contribution < -0.4 is 10.1 Å². The number of aryl methyl sites for hydroxylation is 1. The molecule has 0 spiro atoms. The summed E-state index contributed by atoms with van der Waals surface area (Å²) >= 11 is 2.83. The van der Waals surface area contributed by atoms with Gasteiger partial charge in [-0.1, -0.05) is 12.1 Å². The minimum absolute atomic E-state index is 0.242. The fourth-order valence-corrected chi connectivity index (χ4v) is 3.31. The van der Waals surface area contributed by atoms with E-state index in [2.05, 4.69) is 10.3 Å². The minimum Gasteiger partial charge on any atom is -0.327 e. The molecule has 3 rings (SSSR count). The van der Waals surface area contributed by atoms with Crippen molar-refractivity contribution in [1.82, 2.24) is 4.57 Å². The summed E-state index contributed by atoms with van der Waals surface area (Å²) in [6, 6.07) is 8.60. The van der Waals surface area contributed by atoms with Crippen molar-refractivity contribution in [2.45, 2.75) is 0 Å². The van der Waals surface area contributed by atoms with Crippen LogP contribution in [0.1, 0.15) is 20.7 Å². The van der Waals surface area contributed by atoms with Crippen LogP contribution in [-0.4, -0.2) is 16.4 Å². The van der Waals surface area contributed by atoms with Gasteiger partial charge in [-0.05, 0) is 23.6 Å². The van der Waals surface area contributed by atoms with E-state index in [-0.39, 0.29) is 11.8 Å². The zero-order chi connectivity index (χ0) is 16.2. The molecule has 3 aromatic rings. The van der Waals surface area contributed by atoms with Gasteiger partial charge in [0.2, 0.25) is 0 Å². The highest BCUT2D eigenvalue weighted by Crippen LogP contribution is 2.18. The number of rotatable bonds is 3. The Bertz CT molecular complexity index is 907. The standard InChI is InChI=1S/C16H13N3O2S2/c1-19-7-9-23-16(19)18-15(21)12-4-2-3-5-13(12)17-14(20)11-6-8-22-10-11/h2-10H,1H3,(H,17,20). The van der Waals surface area contributed by atoms with Gasteiger partial charge in [0.1, 0.15) is 0 Å². The van der Waals surface area contributed by atoms with Crippen molar-refractivity contribution in [2.75, 3.05) is 5.32 Å². The molecule has 7 heteroatoms. The summed E-state index contributed by atoms with van der Waals surface area (Å²) in [5, 5.41) is 8.22. The van der Waals surface area contributed by atoms with E-state index in [1.165, 1.54) is 22.7 Å². The largest absolute Gasteiger partial charge is 0.327 e. The number of hydrogen-bond acceptors (Lipinski definition) is 4. The molecule has 116 valence electrons. The first kappa shape index (κ1) is 15.4. The fraction of sp³-hybridized carbons (Fsp3) is 0.0625. The summed E-state index contributed by atoms with van der Waals surface area (Å²) in [6.45, 7) is 0. The van der Waals surface area contributed by atoms with Crippen LogP contribution in [0.5, 0.6) is 0 Å². The number of benzene rings is 1. The van der Waals surface area contributed by atoms with Crippen molar-refractivity contribution in [2.24, 2.45) is 12.0 Å². The number of nitrogens with one attached hydrogen (secondary N) is 1. The van der Waals surface area contributed by atoms with Gasteiger partial charge in [-0.2, -0.15) is 16.3 Å². The number of para-hydroxylation sites is 1. The van der Waals surface area contributed by atoms with Crippen molar-refractivity contribution in [3.8, 4) is 0 Å². The van der Waals surface area contributed by atoms with E-state index in [1.54, 1.807) is 40.3 Å². The third-order valence-corrected chi connectivity index (χ3v) is 4.68. The molecule has 2 heterocycles. The van der Waals surface area contributed by atoms with Crippen molar-refractivity contribution in [3.63, 3.8) is 0 Å². The highest BCUT2D eigenvalue weighted by atomic mass is 32.1. The number of thiophene rings is 1.